The fourth-order valence-corrected chi connectivity index (χ4v) is 2.39. The third kappa shape index (κ3) is 3.04. The maximum atomic E-state index is 11.8. The number of aliphatic hydroxyl groups is 1. The minimum Gasteiger partial charge on any atom is -0.468 e. The van der Waals surface area contributed by atoms with Crippen LogP contribution in [0.5, 0.6) is 0 Å². The van der Waals surface area contributed by atoms with Gasteiger partial charge in [-0.15, -0.1) is 0 Å². The fraction of sp³-hybridized carbons (Fsp3) is 0.750. The highest BCUT2D eigenvalue weighted by Crippen LogP contribution is 2.44. The van der Waals surface area contributed by atoms with E-state index in [1.54, 1.807) is 0 Å². The Balaban J connectivity index is 2.88. The summed E-state index contributed by atoms with van der Waals surface area (Å²) in [5.74, 6) is -2.48. The van der Waals surface area contributed by atoms with E-state index in [2.05, 4.69) is 9.47 Å². The van der Waals surface area contributed by atoms with Gasteiger partial charge in [-0.05, 0) is 6.42 Å². The van der Waals surface area contributed by atoms with Crippen LogP contribution in [0.2, 0.25) is 0 Å². The van der Waals surface area contributed by atoms with Crippen LogP contribution in [0, 0.1) is 11.3 Å². The van der Waals surface area contributed by atoms with Crippen molar-refractivity contribution < 1.29 is 33.7 Å². The average Bonchev–Trinajstić information content (AvgIpc) is 2.72. The molecule has 0 aromatic rings. The summed E-state index contributed by atoms with van der Waals surface area (Å²) in [4.78, 5) is 34.4. The zero-order valence-corrected chi connectivity index (χ0v) is 11.2. The lowest BCUT2D eigenvalue weighted by atomic mass is 9.85. The van der Waals surface area contributed by atoms with Crippen LogP contribution in [0.1, 0.15) is 19.8 Å². The van der Waals surface area contributed by atoms with Crippen molar-refractivity contribution in [1.29, 1.82) is 0 Å². The van der Waals surface area contributed by atoms with Gasteiger partial charge < -0.3 is 19.3 Å². The van der Waals surface area contributed by atoms with Gasteiger partial charge in [0, 0.05) is 19.3 Å². The largest absolute Gasteiger partial charge is 0.468 e. The molecule has 1 rings (SSSR count). The molecule has 108 valence electrons. The van der Waals surface area contributed by atoms with Crippen LogP contribution < -0.4 is 0 Å². The topological polar surface area (TPSA) is 99.1 Å². The summed E-state index contributed by atoms with van der Waals surface area (Å²) in [6, 6.07) is 0. The van der Waals surface area contributed by atoms with E-state index >= 15 is 0 Å². The Morgan fingerprint density at radius 3 is 2.11 bits per heavy atom. The lowest BCUT2D eigenvalue weighted by Crippen LogP contribution is -2.39. The molecule has 1 aliphatic carbocycles. The molecule has 1 fully saturated rings. The number of carbonyl (C=O) groups is 3. The molecule has 0 heterocycles. The second-order valence-electron chi connectivity index (χ2n) is 4.60. The summed E-state index contributed by atoms with van der Waals surface area (Å²) in [7, 11) is 2.33. The van der Waals surface area contributed by atoms with E-state index in [0.29, 0.717) is 0 Å². The Labute approximate surface area is 110 Å². The first kappa shape index (κ1) is 15.4. The Morgan fingerprint density at radius 2 is 1.68 bits per heavy atom. The van der Waals surface area contributed by atoms with E-state index in [0.717, 1.165) is 0 Å². The quantitative estimate of drug-likeness (QED) is 0.425. The van der Waals surface area contributed by atoms with Crippen molar-refractivity contribution in [1.82, 2.24) is 0 Å². The molecule has 0 bridgehead atoms. The first-order valence-electron chi connectivity index (χ1n) is 5.85. The van der Waals surface area contributed by atoms with Crippen LogP contribution in [0.15, 0.2) is 0 Å². The van der Waals surface area contributed by atoms with E-state index in [1.165, 1.54) is 21.1 Å². The zero-order chi connectivity index (χ0) is 14.6. The van der Waals surface area contributed by atoms with Gasteiger partial charge in [0.1, 0.15) is 0 Å². The highest BCUT2D eigenvalue weighted by atomic mass is 16.5. The lowest BCUT2D eigenvalue weighted by molar-refractivity contribution is -0.169. The van der Waals surface area contributed by atoms with E-state index in [1.807, 2.05) is 0 Å². The van der Waals surface area contributed by atoms with Crippen molar-refractivity contribution in [2.75, 3.05) is 20.8 Å². The van der Waals surface area contributed by atoms with Crippen molar-refractivity contribution in [2.24, 2.45) is 11.3 Å². The Bertz CT molecular complexity index is 360. The summed E-state index contributed by atoms with van der Waals surface area (Å²) in [5, 5.41) is 9.92. The molecule has 1 N–H and O–H groups in total. The minimum atomic E-state index is -1.52. The summed E-state index contributed by atoms with van der Waals surface area (Å²) in [5.41, 5.74) is -1.52. The van der Waals surface area contributed by atoms with Crippen LogP contribution in [-0.2, 0) is 28.6 Å². The lowest BCUT2D eigenvalue weighted by Gasteiger charge is -2.22. The van der Waals surface area contributed by atoms with Crippen LogP contribution in [0.3, 0.4) is 0 Å². The van der Waals surface area contributed by atoms with E-state index in [9.17, 15) is 19.5 Å². The summed E-state index contributed by atoms with van der Waals surface area (Å²) < 4.78 is 14.1. The molecule has 0 amide bonds. The number of esters is 3. The third-order valence-electron chi connectivity index (χ3n) is 3.37. The molecular formula is C12H18O7. The van der Waals surface area contributed by atoms with Gasteiger partial charge in [0.25, 0.3) is 0 Å². The molecule has 0 radical (unpaired) electrons. The molecule has 0 aromatic carbocycles. The van der Waals surface area contributed by atoms with Gasteiger partial charge in [-0.2, -0.15) is 0 Å². The molecular weight excluding hydrogens is 256 g/mol. The van der Waals surface area contributed by atoms with Gasteiger partial charge in [0.15, 0.2) is 5.41 Å². The molecule has 0 aliphatic heterocycles. The van der Waals surface area contributed by atoms with E-state index in [4.69, 9.17) is 4.74 Å². The molecule has 19 heavy (non-hydrogen) atoms. The maximum absolute atomic E-state index is 11.8. The highest BCUT2D eigenvalue weighted by Gasteiger charge is 2.57. The zero-order valence-electron chi connectivity index (χ0n) is 11.2. The Kier molecular flexibility index (Phi) is 4.88. The van der Waals surface area contributed by atoms with Crippen LogP contribution in [0.4, 0.5) is 0 Å². The van der Waals surface area contributed by atoms with Gasteiger partial charge >= 0.3 is 17.9 Å². The molecule has 0 aromatic heterocycles. The van der Waals surface area contributed by atoms with Gasteiger partial charge in [-0.25, -0.2) is 0 Å². The molecule has 0 unspecified atom stereocenters. The minimum absolute atomic E-state index is 0.0286. The fourth-order valence-electron chi connectivity index (χ4n) is 2.39. The SMILES string of the molecule is COC(=O)C1(C(=O)OC)C[C@@H](COC(C)=O)[C@H](O)C1. The maximum Gasteiger partial charge on any atom is 0.323 e. The van der Waals surface area contributed by atoms with E-state index < -0.39 is 35.3 Å². The molecule has 7 nitrogen and oxygen atoms in total. The van der Waals surface area contributed by atoms with Gasteiger partial charge in [-0.1, -0.05) is 0 Å². The van der Waals surface area contributed by atoms with Crippen LogP contribution in [0.25, 0.3) is 0 Å². The average molecular weight is 274 g/mol. The number of rotatable bonds is 4. The van der Waals surface area contributed by atoms with Crippen molar-refractivity contribution in [3.8, 4) is 0 Å². The first-order valence-corrected chi connectivity index (χ1v) is 5.85. The van der Waals surface area contributed by atoms with Gasteiger partial charge in [0.2, 0.25) is 0 Å². The number of aliphatic hydroxyl groups excluding tert-OH is 1. The first-order chi connectivity index (χ1) is 8.87. The molecule has 0 spiro atoms. The van der Waals surface area contributed by atoms with Gasteiger partial charge in [-0.3, -0.25) is 14.4 Å². The van der Waals surface area contributed by atoms with Gasteiger partial charge in [0.05, 0.1) is 26.9 Å². The molecule has 1 aliphatic rings. The predicted molar refractivity (Wildman–Crippen MR) is 61.8 cm³/mol. The molecule has 1 saturated carbocycles. The summed E-state index contributed by atoms with van der Waals surface area (Å²) >= 11 is 0. The monoisotopic (exact) mass is 274 g/mol. The Morgan fingerprint density at radius 1 is 1.16 bits per heavy atom. The number of methoxy groups -OCH3 is 2. The summed E-state index contributed by atoms with van der Waals surface area (Å²) in [6.07, 6.45) is -1.00. The number of carbonyl (C=O) groups excluding carboxylic acids is 3. The smallest absolute Gasteiger partial charge is 0.323 e. The predicted octanol–water partition coefficient (Wildman–Crippen LogP) is -0.347. The molecule has 0 saturated heterocycles. The second kappa shape index (κ2) is 6.01. The van der Waals surface area contributed by atoms with Crippen molar-refractivity contribution in [2.45, 2.75) is 25.9 Å². The van der Waals surface area contributed by atoms with Crippen molar-refractivity contribution >= 4 is 17.9 Å². The summed E-state index contributed by atoms with van der Waals surface area (Å²) in [6.45, 7) is 1.20. The highest BCUT2D eigenvalue weighted by molar-refractivity contribution is 6.00. The number of hydrogen-bond acceptors (Lipinski definition) is 7. The normalized spacial score (nSPS) is 24.6. The third-order valence-corrected chi connectivity index (χ3v) is 3.37. The van der Waals surface area contributed by atoms with Crippen LogP contribution >= 0.6 is 0 Å². The van der Waals surface area contributed by atoms with Crippen molar-refractivity contribution in [3.05, 3.63) is 0 Å². The van der Waals surface area contributed by atoms with E-state index in [-0.39, 0.29) is 19.4 Å². The number of ether oxygens (including phenoxy) is 3. The van der Waals surface area contributed by atoms with Crippen molar-refractivity contribution in [3.63, 3.8) is 0 Å². The molecule has 7 heteroatoms. The standard InChI is InChI=1S/C12H18O7/c1-7(13)19-6-8-4-12(5-9(8)14,10(15)17-2)11(16)18-3/h8-9,14H,4-6H2,1-3H3/t8-,9+/m0/s1. The second-order valence-corrected chi connectivity index (χ2v) is 4.60. The molecule has 2 atom stereocenters. The number of hydrogen-bond donors (Lipinski definition) is 1. The Hall–Kier alpha value is -1.63. The van der Waals surface area contributed by atoms with Crippen LogP contribution in [-0.4, -0.2) is 49.9 Å².